The molecule has 0 N–H and O–H groups in total. The van der Waals surface area contributed by atoms with Crippen molar-refractivity contribution in [2.45, 2.75) is 31.1 Å². The monoisotopic (exact) mass is 452 g/mol. The number of rotatable bonds is 8. The molecule has 0 atom stereocenters. The Morgan fingerprint density at radius 3 is 2.23 bits per heavy atom. The molecule has 7 nitrogen and oxygen atoms in total. The minimum absolute atomic E-state index is 0.0168. The van der Waals surface area contributed by atoms with Crippen LogP contribution in [0.2, 0.25) is 0 Å². The van der Waals surface area contributed by atoms with Gasteiger partial charge >= 0.3 is 0 Å². The predicted molar refractivity (Wildman–Crippen MR) is 117 cm³/mol. The summed E-state index contributed by atoms with van der Waals surface area (Å²) >= 11 is 0. The molecule has 0 unspecified atom stereocenters. The average Bonchev–Trinajstić information content (AvgIpc) is 2.73. The number of carbonyl (C=O) groups excluding carboxylic acids is 1. The Morgan fingerprint density at radius 1 is 0.900 bits per heavy atom. The van der Waals surface area contributed by atoms with Gasteiger partial charge in [0, 0.05) is 26.2 Å². The van der Waals surface area contributed by atoms with Gasteiger partial charge < -0.3 is 4.90 Å². The zero-order valence-electron chi connectivity index (χ0n) is 17.2. The lowest BCUT2D eigenvalue weighted by atomic mass is 10.1. The van der Waals surface area contributed by atoms with Crippen LogP contribution < -0.4 is 0 Å². The van der Waals surface area contributed by atoms with Crippen LogP contribution in [0.4, 0.5) is 0 Å². The minimum Gasteiger partial charge on any atom is -0.339 e. The average molecular weight is 453 g/mol. The van der Waals surface area contributed by atoms with Crippen LogP contribution in [-0.4, -0.2) is 69.6 Å². The van der Waals surface area contributed by atoms with Gasteiger partial charge in [0.2, 0.25) is 15.9 Å². The van der Waals surface area contributed by atoms with Gasteiger partial charge in [-0.3, -0.25) is 4.79 Å². The van der Waals surface area contributed by atoms with Gasteiger partial charge in [-0.25, -0.2) is 16.8 Å². The Balaban J connectivity index is 1.62. The SMILES string of the molecule is CCCCCS(=O)(=O)CC(=O)N1CCN(S(=O)(=O)c2ccc3ccccc3c2)CC1. The van der Waals surface area contributed by atoms with Crippen molar-refractivity contribution in [2.75, 3.05) is 37.7 Å². The smallest absolute Gasteiger partial charge is 0.243 e. The number of unbranched alkanes of at least 4 members (excludes halogenated alkanes) is 2. The molecule has 0 aromatic heterocycles. The summed E-state index contributed by atoms with van der Waals surface area (Å²) < 4.78 is 51.6. The van der Waals surface area contributed by atoms with E-state index in [0.717, 1.165) is 23.6 Å². The fourth-order valence-corrected chi connectivity index (χ4v) is 6.38. The van der Waals surface area contributed by atoms with Gasteiger partial charge in [-0.05, 0) is 29.3 Å². The lowest BCUT2D eigenvalue weighted by Crippen LogP contribution is -2.51. The van der Waals surface area contributed by atoms with E-state index in [1.807, 2.05) is 31.2 Å². The molecule has 1 aliphatic heterocycles. The van der Waals surface area contributed by atoms with E-state index in [-0.39, 0.29) is 36.8 Å². The van der Waals surface area contributed by atoms with E-state index in [9.17, 15) is 21.6 Å². The number of benzene rings is 2. The maximum Gasteiger partial charge on any atom is 0.243 e. The molecular weight excluding hydrogens is 424 g/mol. The maximum absolute atomic E-state index is 13.0. The lowest BCUT2D eigenvalue weighted by molar-refractivity contribution is -0.129. The van der Waals surface area contributed by atoms with Crippen LogP contribution in [0, 0.1) is 0 Å². The van der Waals surface area contributed by atoms with Crippen molar-refractivity contribution in [2.24, 2.45) is 0 Å². The van der Waals surface area contributed by atoms with E-state index in [1.165, 1.54) is 9.21 Å². The minimum atomic E-state index is -3.68. The summed E-state index contributed by atoms with van der Waals surface area (Å²) in [6.45, 7) is 2.67. The topological polar surface area (TPSA) is 91.8 Å². The maximum atomic E-state index is 13.0. The summed E-state index contributed by atoms with van der Waals surface area (Å²) in [6.07, 6.45) is 2.29. The van der Waals surface area contributed by atoms with Gasteiger partial charge in [-0.2, -0.15) is 4.31 Å². The highest BCUT2D eigenvalue weighted by atomic mass is 32.2. The highest BCUT2D eigenvalue weighted by Crippen LogP contribution is 2.23. The third-order valence-electron chi connectivity index (χ3n) is 5.35. The summed E-state index contributed by atoms with van der Waals surface area (Å²) in [5.41, 5.74) is 0. The number of carbonyl (C=O) groups is 1. The summed E-state index contributed by atoms with van der Waals surface area (Å²) in [6, 6.07) is 12.6. The van der Waals surface area contributed by atoms with Crippen LogP contribution >= 0.6 is 0 Å². The molecule has 164 valence electrons. The Labute approximate surface area is 178 Å². The number of hydrogen-bond acceptors (Lipinski definition) is 5. The zero-order chi connectivity index (χ0) is 21.8. The second-order valence-electron chi connectivity index (χ2n) is 7.59. The van der Waals surface area contributed by atoms with Crippen LogP contribution in [-0.2, 0) is 24.7 Å². The zero-order valence-corrected chi connectivity index (χ0v) is 18.8. The second-order valence-corrected chi connectivity index (χ2v) is 11.7. The summed E-state index contributed by atoms with van der Waals surface area (Å²) in [7, 11) is -7.11. The highest BCUT2D eigenvalue weighted by molar-refractivity contribution is 7.92. The van der Waals surface area contributed by atoms with Gasteiger partial charge in [-0.1, -0.05) is 50.1 Å². The van der Waals surface area contributed by atoms with E-state index in [4.69, 9.17) is 0 Å². The van der Waals surface area contributed by atoms with E-state index in [0.29, 0.717) is 6.42 Å². The molecule has 1 aliphatic rings. The van der Waals surface area contributed by atoms with Gasteiger partial charge in [-0.15, -0.1) is 0 Å². The lowest BCUT2D eigenvalue weighted by Gasteiger charge is -2.34. The van der Waals surface area contributed by atoms with E-state index in [1.54, 1.807) is 18.2 Å². The number of sulfonamides is 1. The van der Waals surface area contributed by atoms with Gasteiger partial charge in [0.25, 0.3) is 0 Å². The van der Waals surface area contributed by atoms with Gasteiger partial charge in [0.15, 0.2) is 9.84 Å². The van der Waals surface area contributed by atoms with Crippen LogP contribution in [0.25, 0.3) is 10.8 Å². The summed E-state index contributed by atoms with van der Waals surface area (Å²) in [5.74, 6) is -0.939. The molecule has 0 saturated carbocycles. The molecular formula is C21H28N2O5S2. The second kappa shape index (κ2) is 9.45. The molecule has 1 amide bonds. The Hall–Kier alpha value is -1.97. The fourth-order valence-electron chi connectivity index (χ4n) is 3.58. The molecule has 30 heavy (non-hydrogen) atoms. The first-order chi connectivity index (χ1) is 14.2. The third kappa shape index (κ3) is 5.39. The van der Waals surface area contributed by atoms with Gasteiger partial charge in [0.05, 0.1) is 10.6 Å². The summed E-state index contributed by atoms with van der Waals surface area (Å²) in [4.78, 5) is 14.1. The van der Waals surface area contributed by atoms with Crippen molar-refractivity contribution < 1.29 is 21.6 Å². The highest BCUT2D eigenvalue weighted by Gasteiger charge is 2.31. The molecule has 2 aromatic carbocycles. The molecule has 1 saturated heterocycles. The van der Waals surface area contributed by atoms with Gasteiger partial charge in [0.1, 0.15) is 5.75 Å². The molecule has 2 aromatic rings. The standard InChI is InChI=1S/C21H28N2O5S2/c1-2-3-6-15-29(25,26)17-21(24)22-11-13-23(14-12-22)30(27,28)20-10-9-18-7-4-5-8-19(18)16-20/h4-5,7-10,16H,2-3,6,11-15,17H2,1H3. The predicted octanol–water partition coefficient (Wildman–Crippen LogP) is 2.28. The number of amides is 1. The van der Waals surface area contributed by atoms with Crippen molar-refractivity contribution in [3.05, 3.63) is 42.5 Å². The molecule has 3 rings (SSSR count). The van der Waals surface area contributed by atoms with Crippen molar-refractivity contribution in [3.8, 4) is 0 Å². The molecule has 1 fully saturated rings. The van der Waals surface area contributed by atoms with E-state index in [2.05, 4.69) is 0 Å². The first-order valence-electron chi connectivity index (χ1n) is 10.2. The summed E-state index contributed by atoms with van der Waals surface area (Å²) in [5, 5.41) is 1.81. The molecule has 0 radical (unpaired) electrons. The first-order valence-corrected chi connectivity index (χ1v) is 13.5. The molecule has 1 heterocycles. The molecule has 0 aliphatic carbocycles. The van der Waals surface area contributed by atoms with Crippen molar-refractivity contribution in [3.63, 3.8) is 0 Å². The molecule has 9 heteroatoms. The Bertz CT molecular complexity index is 1110. The number of piperazine rings is 1. The Kier molecular flexibility index (Phi) is 7.15. The number of fused-ring (bicyclic) bond motifs is 1. The van der Waals surface area contributed by atoms with Crippen molar-refractivity contribution >= 4 is 36.5 Å². The number of nitrogens with zero attached hydrogens (tertiary/aromatic N) is 2. The van der Waals surface area contributed by atoms with E-state index < -0.39 is 31.5 Å². The quantitative estimate of drug-likeness (QED) is 0.573. The number of sulfone groups is 1. The number of hydrogen-bond donors (Lipinski definition) is 0. The van der Waals surface area contributed by atoms with E-state index >= 15 is 0 Å². The van der Waals surface area contributed by atoms with Crippen molar-refractivity contribution in [1.82, 2.24) is 9.21 Å². The van der Waals surface area contributed by atoms with Crippen LogP contribution in [0.1, 0.15) is 26.2 Å². The van der Waals surface area contributed by atoms with Crippen molar-refractivity contribution in [1.29, 1.82) is 0 Å². The van der Waals surface area contributed by atoms with Crippen LogP contribution in [0.5, 0.6) is 0 Å². The largest absolute Gasteiger partial charge is 0.339 e. The fraction of sp³-hybridized carbons (Fsp3) is 0.476. The normalized spacial score (nSPS) is 16.1. The Morgan fingerprint density at radius 2 is 1.57 bits per heavy atom. The molecule has 0 spiro atoms. The van der Waals surface area contributed by atoms with Crippen LogP contribution in [0.15, 0.2) is 47.4 Å². The third-order valence-corrected chi connectivity index (χ3v) is 8.84. The molecule has 0 bridgehead atoms. The van der Waals surface area contributed by atoms with Crippen LogP contribution in [0.3, 0.4) is 0 Å². The first kappa shape index (κ1) is 22.7.